The summed E-state index contributed by atoms with van der Waals surface area (Å²) in [6.07, 6.45) is 1.52. The summed E-state index contributed by atoms with van der Waals surface area (Å²) in [5.74, 6) is -0.208. The molecule has 0 unspecified atom stereocenters. The normalized spacial score (nSPS) is 14.4. The first-order chi connectivity index (χ1) is 14.0. The predicted octanol–water partition coefficient (Wildman–Crippen LogP) is 3.47. The number of benzene rings is 1. The lowest BCUT2D eigenvalue weighted by molar-refractivity contribution is -0.128. The van der Waals surface area contributed by atoms with Crippen molar-refractivity contribution in [3.05, 3.63) is 47.4 Å². The molecule has 0 N–H and O–H groups in total. The molecule has 3 heterocycles. The van der Waals surface area contributed by atoms with Gasteiger partial charge >= 0.3 is 0 Å². The van der Waals surface area contributed by atoms with E-state index in [4.69, 9.17) is 0 Å². The zero-order chi connectivity index (χ0) is 20.4. The molecule has 9 heteroatoms. The van der Waals surface area contributed by atoms with Crippen LogP contribution in [0.1, 0.15) is 17.3 Å². The third-order valence-corrected chi connectivity index (χ3v) is 6.88. The van der Waals surface area contributed by atoms with Gasteiger partial charge in [0, 0.05) is 31.7 Å². The number of piperazine rings is 1. The molecule has 0 spiro atoms. The van der Waals surface area contributed by atoms with E-state index in [1.54, 1.807) is 28.4 Å². The Morgan fingerprint density at radius 1 is 1.17 bits per heavy atom. The van der Waals surface area contributed by atoms with Gasteiger partial charge < -0.3 is 9.80 Å². The summed E-state index contributed by atoms with van der Waals surface area (Å²) in [4.78, 5) is 36.2. The van der Waals surface area contributed by atoms with Crippen LogP contribution in [-0.4, -0.2) is 58.5 Å². The van der Waals surface area contributed by atoms with Gasteiger partial charge in [0.05, 0.1) is 21.7 Å². The van der Waals surface area contributed by atoms with Crippen molar-refractivity contribution in [2.24, 2.45) is 0 Å². The molecule has 4 rings (SSSR count). The summed E-state index contributed by atoms with van der Waals surface area (Å²) in [7, 11) is 0. The van der Waals surface area contributed by atoms with Crippen molar-refractivity contribution in [2.75, 3.05) is 36.8 Å². The molecule has 1 saturated heterocycles. The fourth-order valence-corrected chi connectivity index (χ4v) is 5.12. The first kappa shape index (κ1) is 19.8. The van der Waals surface area contributed by atoms with Gasteiger partial charge in [-0.3, -0.25) is 9.59 Å². The van der Waals surface area contributed by atoms with Gasteiger partial charge in [0.25, 0.3) is 0 Å². The number of rotatable bonds is 5. The number of thioether (sulfide) groups is 1. The Labute approximate surface area is 175 Å². The highest BCUT2D eigenvalue weighted by Crippen LogP contribution is 2.29. The van der Waals surface area contributed by atoms with Crippen molar-refractivity contribution in [1.29, 1.82) is 0 Å². The average Bonchev–Trinajstić information content (AvgIpc) is 3.21. The van der Waals surface area contributed by atoms with Crippen LogP contribution in [0.25, 0.3) is 10.2 Å². The summed E-state index contributed by atoms with van der Waals surface area (Å²) >= 11 is 2.99. The predicted molar refractivity (Wildman–Crippen MR) is 113 cm³/mol. The van der Waals surface area contributed by atoms with Crippen LogP contribution in [0.3, 0.4) is 0 Å². The van der Waals surface area contributed by atoms with E-state index in [-0.39, 0.29) is 11.7 Å². The van der Waals surface area contributed by atoms with Crippen LogP contribution in [0.15, 0.2) is 41.0 Å². The number of carbonyl (C=O) groups is 2. The highest BCUT2D eigenvalue weighted by atomic mass is 32.2. The minimum atomic E-state index is -0.406. The van der Waals surface area contributed by atoms with Gasteiger partial charge in [0.15, 0.2) is 5.78 Å². The highest BCUT2D eigenvalue weighted by molar-refractivity contribution is 8.00. The Balaban J connectivity index is 1.34. The largest absolute Gasteiger partial charge is 0.366 e. The van der Waals surface area contributed by atoms with Crippen LogP contribution >= 0.6 is 23.1 Å². The zero-order valence-corrected chi connectivity index (χ0v) is 17.4. The number of thiophene rings is 1. The summed E-state index contributed by atoms with van der Waals surface area (Å²) in [5.41, 5.74) is 1.73. The lowest BCUT2D eigenvalue weighted by atomic mass is 10.1. The standard InChI is InChI=1S/C20H19FN4O2S2/c1-13(26)14-2-3-17(15(21)10-14)24-5-7-25(8-6-24)18(27)11-29-20-19-16(4-9-28-19)22-12-23-20/h2-4,9-10,12H,5-8,11H2,1H3. The number of aromatic nitrogens is 2. The topological polar surface area (TPSA) is 66.4 Å². The maximum Gasteiger partial charge on any atom is 0.233 e. The second kappa shape index (κ2) is 8.46. The van der Waals surface area contributed by atoms with Gasteiger partial charge in [-0.1, -0.05) is 11.8 Å². The van der Waals surface area contributed by atoms with Crippen molar-refractivity contribution in [1.82, 2.24) is 14.9 Å². The molecule has 1 aromatic carbocycles. The third-order valence-electron chi connectivity index (χ3n) is 4.87. The quantitative estimate of drug-likeness (QED) is 0.351. The average molecular weight is 431 g/mol. The third kappa shape index (κ3) is 4.25. The molecule has 2 aromatic heterocycles. The lowest BCUT2D eigenvalue weighted by Crippen LogP contribution is -2.49. The van der Waals surface area contributed by atoms with E-state index in [0.717, 1.165) is 15.2 Å². The fourth-order valence-electron chi connectivity index (χ4n) is 3.27. The molecular weight excluding hydrogens is 411 g/mol. The number of ketones is 1. The van der Waals surface area contributed by atoms with Gasteiger partial charge in [-0.05, 0) is 36.6 Å². The van der Waals surface area contributed by atoms with Crippen molar-refractivity contribution in [3.8, 4) is 0 Å². The van der Waals surface area contributed by atoms with E-state index >= 15 is 0 Å². The molecular formula is C20H19FN4O2S2. The summed E-state index contributed by atoms with van der Waals surface area (Å²) in [6.45, 7) is 3.59. The number of nitrogens with zero attached hydrogens (tertiary/aromatic N) is 4. The maximum absolute atomic E-state index is 14.4. The Morgan fingerprint density at radius 2 is 1.97 bits per heavy atom. The maximum atomic E-state index is 14.4. The van der Waals surface area contributed by atoms with Crippen LogP contribution in [-0.2, 0) is 4.79 Å². The first-order valence-electron chi connectivity index (χ1n) is 9.17. The van der Waals surface area contributed by atoms with Crippen molar-refractivity contribution in [2.45, 2.75) is 11.9 Å². The monoisotopic (exact) mass is 430 g/mol. The molecule has 29 heavy (non-hydrogen) atoms. The first-order valence-corrected chi connectivity index (χ1v) is 11.0. The minimum absolute atomic E-state index is 0.0466. The van der Waals surface area contributed by atoms with Crippen LogP contribution in [0.5, 0.6) is 0 Å². The molecule has 0 radical (unpaired) electrons. The number of carbonyl (C=O) groups excluding carboxylic acids is 2. The molecule has 0 aliphatic carbocycles. The van der Waals surface area contributed by atoms with Crippen molar-refractivity contribution >= 4 is 50.7 Å². The molecule has 3 aromatic rings. The Kier molecular flexibility index (Phi) is 5.77. The van der Waals surface area contributed by atoms with Crippen molar-refractivity contribution < 1.29 is 14.0 Å². The number of fused-ring (bicyclic) bond motifs is 1. The second-order valence-corrected chi connectivity index (χ2v) is 8.57. The van der Waals surface area contributed by atoms with E-state index in [1.807, 2.05) is 16.3 Å². The molecule has 0 saturated carbocycles. The molecule has 1 aliphatic heterocycles. The van der Waals surface area contributed by atoms with Gasteiger partial charge in [0.1, 0.15) is 17.2 Å². The van der Waals surface area contributed by atoms with E-state index in [0.29, 0.717) is 43.2 Å². The van der Waals surface area contributed by atoms with E-state index < -0.39 is 5.82 Å². The molecule has 0 atom stereocenters. The number of hydrogen-bond donors (Lipinski definition) is 0. The van der Waals surface area contributed by atoms with Crippen LogP contribution < -0.4 is 4.90 Å². The Hall–Kier alpha value is -2.52. The Morgan fingerprint density at radius 3 is 2.69 bits per heavy atom. The van der Waals surface area contributed by atoms with Gasteiger partial charge in [-0.15, -0.1) is 11.3 Å². The van der Waals surface area contributed by atoms with Crippen LogP contribution in [0.2, 0.25) is 0 Å². The lowest BCUT2D eigenvalue weighted by Gasteiger charge is -2.36. The second-order valence-electron chi connectivity index (χ2n) is 6.69. The minimum Gasteiger partial charge on any atom is -0.366 e. The van der Waals surface area contributed by atoms with Crippen LogP contribution in [0, 0.1) is 5.82 Å². The summed E-state index contributed by atoms with van der Waals surface area (Å²) in [5, 5.41) is 2.79. The van der Waals surface area contributed by atoms with Gasteiger partial charge in [0.2, 0.25) is 5.91 Å². The number of anilines is 1. The molecule has 6 nitrogen and oxygen atoms in total. The van der Waals surface area contributed by atoms with Crippen LogP contribution in [0.4, 0.5) is 10.1 Å². The SMILES string of the molecule is CC(=O)c1ccc(N2CCN(C(=O)CSc3ncnc4ccsc34)CC2)c(F)c1. The number of halogens is 1. The summed E-state index contributed by atoms with van der Waals surface area (Å²) in [6, 6.07) is 6.50. The van der Waals surface area contributed by atoms with Crippen molar-refractivity contribution in [3.63, 3.8) is 0 Å². The molecule has 1 amide bonds. The number of hydrogen-bond acceptors (Lipinski definition) is 7. The molecule has 1 aliphatic rings. The van der Waals surface area contributed by atoms with E-state index in [9.17, 15) is 14.0 Å². The van der Waals surface area contributed by atoms with E-state index in [2.05, 4.69) is 9.97 Å². The molecule has 0 bridgehead atoms. The van der Waals surface area contributed by atoms with Gasteiger partial charge in [-0.25, -0.2) is 14.4 Å². The molecule has 1 fully saturated rings. The fraction of sp³-hybridized carbons (Fsp3) is 0.300. The van der Waals surface area contributed by atoms with Gasteiger partial charge in [-0.2, -0.15) is 0 Å². The Bertz CT molecular complexity index is 1060. The number of Topliss-reactive ketones (excluding diaryl/α,β-unsaturated/α-hetero) is 1. The highest BCUT2D eigenvalue weighted by Gasteiger charge is 2.23. The number of amides is 1. The smallest absolute Gasteiger partial charge is 0.233 e. The summed E-state index contributed by atoms with van der Waals surface area (Å²) < 4.78 is 15.4. The molecule has 150 valence electrons. The van der Waals surface area contributed by atoms with E-state index in [1.165, 1.54) is 31.1 Å². The zero-order valence-electron chi connectivity index (χ0n) is 15.8.